The molecular formula is C14H19ClN3O2S+. The van der Waals surface area contributed by atoms with Crippen molar-refractivity contribution in [3.05, 3.63) is 21.3 Å². The molecule has 114 valence electrons. The Balaban J connectivity index is 1.64. The zero-order chi connectivity index (χ0) is 15.2. The Morgan fingerprint density at radius 3 is 2.76 bits per heavy atom. The van der Waals surface area contributed by atoms with Crippen LogP contribution in [0.5, 0.6) is 0 Å². The number of urea groups is 1. The number of thiophene rings is 1. The van der Waals surface area contributed by atoms with Gasteiger partial charge in [0.2, 0.25) is 0 Å². The number of carbonyl (C=O) groups excluding carboxylic acids is 2. The van der Waals surface area contributed by atoms with E-state index in [4.69, 9.17) is 11.6 Å². The normalized spacial score (nSPS) is 27.1. The fourth-order valence-electron chi connectivity index (χ4n) is 2.87. The van der Waals surface area contributed by atoms with Gasteiger partial charge in [-0.1, -0.05) is 11.6 Å². The van der Waals surface area contributed by atoms with Crippen molar-refractivity contribution in [1.82, 2.24) is 10.2 Å². The topological polar surface area (TPSA) is 53.9 Å². The Morgan fingerprint density at radius 2 is 2.19 bits per heavy atom. The minimum atomic E-state index is -0.691. The second-order valence-electron chi connectivity index (χ2n) is 6.14. The first-order chi connectivity index (χ1) is 9.90. The van der Waals surface area contributed by atoms with Crippen LogP contribution in [0.1, 0.15) is 24.6 Å². The molecule has 0 radical (unpaired) electrons. The Hall–Kier alpha value is -1.11. The van der Waals surface area contributed by atoms with E-state index in [1.807, 2.05) is 26.1 Å². The number of imide groups is 1. The van der Waals surface area contributed by atoms with Crippen LogP contribution in [0, 0.1) is 5.92 Å². The number of hydrogen-bond acceptors (Lipinski definition) is 3. The van der Waals surface area contributed by atoms with Crippen molar-refractivity contribution in [2.45, 2.75) is 31.8 Å². The molecule has 2 heterocycles. The summed E-state index contributed by atoms with van der Waals surface area (Å²) in [6, 6.07) is 3.58. The van der Waals surface area contributed by atoms with Gasteiger partial charge in [0, 0.05) is 0 Å². The van der Waals surface area contributed by atoms with E-state index in [-0.39, 0.29) is 11.9 Å². The lowest BCUT2D eigenvalue weighted by Gasteiger charge is -2.22. The van der Waals surface area contributed by atoms with Gasteiger partial charge in [0.05, 0.1) is 16.3 Å². The summed E-state index contributed by atoms with van der Waals surface area (Å²) in [6.45, 7) is 2.97. The SMILES string of the molecule is C[NH+](Cc1ccc(Cl)s1)CN1C(=O)N[C@](C)(C2CC2)C1=O. The quantitative estimate of drug-likeness (QED) is 0.795. The average molecular weight is 329 g/mol. The third kappa shape index (κ3) is 2.80. The summed E-state index contributed by atoms with van der Waals surface area (Å²) in [5.74, 6) is 0.217. The maximum Gasteiger partial charge on any atom is 0.329 e. The first-order valence-corrected chi connectivity index (χ1v) is 8.29. The molecule has 2 N–H and O–H groups in total. The number of nitrogens with one attached hydrogen (secondary N) is 2. The van der Waals surface area contributed by atoms with Crippen molar-refractivity contribution in [2.24, 2.45) is 5.92 Å². The van der Waals surface area contributed by atoms with Crippen molar-refractivity contribution in [3.63, 3.8) is 0 Å². The maximum absolute atomic E-state index is 12.5. The lowest BCUT2D eigenvalue weighted by molar-refractivity contribution is -0.900. The van der Waals surface area contributed by atoms with Gasteiger partial charge in [0.1, 0.15) is 12.1 Å². The van der Waals surface area contributed by atoms with Crippen LogP contribution in [0.3, 0.4) is 0 Å². The maximum atomic E-state index is 12.5. The minimum Gasteiger partial charge on any atom is -0.323 e. The molecule has 0 bridgehead atoms. The van der Waals surface area contributed by atoms with Crippen molar-refractivity contribution in [1.29, 1.82) is 0 Å². The highest BCUT2D eigenvalue weighted by Gasteiger charge is 2.56. The fourth-order valence-corrected chi connectivity index (χ4v) is 4.07. The Kier molecular flexibility index (Phi) is 3.71. The van der Waals surface area contributed by atoms with Crippen LogP contribution in [0.25, 0.3) is 0 Å². The lowest BCUT2D eigenvalue weighted by atomic mass is 9.96. The predicted octanol–water partition coefficient (Wildman–Crippen LogP) is 1.09. The highest BCUT2D eigenvalue weighted by atomic mass is 35.5. The fraction of sp³-hybridized carbons (Fsp3) is 0.571. The molecule has 1 aromatic rings. The molecule has 1 saturated carbocycles. The van der Waals surface area contributed by atoms with Crippen molar-refractivity contribution in [3.8, 4) is 0 Å². The minimum absolute atomic E-state index is 0.0847. The molecule has 1 aromatic heterocycles. The summed E-state index contributed by atoms with van der Waals surface area (Å²) in [5, 5.41) is 2.87. The van der Waals surface area contributed by atoms with Gasteiger partial charge >= 0.3 is 6.03 Å². The Morgan fingerprint density at radius 1 is 1.48 bits per heavy atom. The smallest absolute Gasteiger partial charge is 0.323 e. The number of amides is 3. The van der Waals surface area contributed by atoms with Crippen LogP contribution in [0.2, 0.25) is 4.34 Å². The predicted molar refractivity (Wildman–Crippen MR) is 81.3 cm³/mol. The number of rotatable bonds is 5. The number of carbonyl (C=O) groups is 2. The van der Waals surface area contributed by atoms with Gasteiger partial charge < -0.3 is 10.2 Å². The zero-order valence-electron chi connectivity index (χ0n) is 12.1. The molecule has 1 aliphatic carbocycles. The molecule has 21 heavy (non-hydrogen) atoms. The second kappa shape index (κ2) is 5.26. The molecule has 2 aliphatic rings. The molecule has 3 rings (SSSR count). The van der Waals surface area contributed by atoms with Crippen LogP contribution in [0.15, 0.2) is 12.1 Å². The van der Waals surface area contributed by atoms with E-state index in [9.17, 15) is 9.59 Å². The second-order valence-corrected chi connectivity index (χ2v) is 7.94. The van der Waals surface area contributed by atoms with Crippen LogP contribution in [0.4, 0.5) is 4.79 Å². The van der Waals surface area contributed by atoms with E-state index in [1.165, 1.54) is 16.2 Å². The lowest BCUT2D eigenvalue weighted by Crippen LogP contribution is -3.09. The third-order valence-corrected chi connectivity index (χ3v) is 5.46. The third-order valence-electron chi connectivity index (χ3n) is 4.23. The van der Waals surface area contributed by atoms with Crippen LogP contribution in [-0.4, -0.2) is 36.1 Å². The number of halogens is 1. The molecule has 1 saturated heterocycles. The molecule has 0 spiro atoms. The Labute approximate surface area is 132 Å². The van der Waals surface area contributed by atoms with Crippen LogP contribution < -0.4 is 10.2 Å². The van der Waals surface area contributed by atoms with E-state index in [1.54, 1.807) is 0 Å². The molecule has 1 aliphatic heterocycles. The molecule has 1 unspecified atom stereocenters. The molecular weight excluding hydrogens is 310 g/mol. The largest absolute Gasteiger partial charge is 0.329 e. The van der Waals surface area contributed by atoms with Gasteiger partial charge in [0.25, 0.3) is 5.91 Å². The van der Waals surface area contributed by atoms with Gasteiger partial charge in [-0.3, -0.25) is 4.79 Å². The van der Waals surface area contributed by atoms with Gasteiger partial charge in [0.15, 0.2) is 6.67 Å². The van der Waals surface area contributed by atoms with Crippen molar-refractivity contribution < 1.29 is 14.5 Å². The summed E-state index contributed by atoms with van der Waals surface area (Å²) < 4.78 is 0.758. The standard InChI is InChI=1S/C14H18ClN3O2S/c1-14(9-3-4-9)12(19)18(13(20)16-14)8-17(2)7-10-5-6-11(15)21-10/h5-6,9H,3-4,7-8H2,1-2H3,(H,16,20)/p+1/t14-/m1/s1. The van der Waals surface area contributed by atoms with Gasteiger partial charge in [-0.15, -0.1) is 11.3 Å². The first-order valence-electron chi connectivity index (χ1n) is 7.10. The summed E-state index contributed by atoms with van der Waals surface area (Å²) >= 11 is 7.45. The molecule has 2 fully saturated rings. The van der Waals surface area contributed by atoms with Crippen molar-refractivity contribution in [2.75, 3.05) is 13.7 Å². The first kappa shape index (κ1) is 14.8. The summed E-state index contributed by atoms with van der Waals surface area (Å²) in [4.78, 5) is 28.2. The molecule has 2 atom stereocenters. The van der Waals surface area contributed by atoms with E-state index in [2.05, 4.69) is 5.32 Å². The van der Waals surface area contributed by atoms with Gasteiger partial charge in [-0.2, -0.15) is 0 Å². The van der Waals surface area contributed by atoms with Gasteiger partial charge in [-0.25, -0.2) is 9.69 Å². The molecule has 5 nitrogen and oxygen atoms in total. The van der Waals surface area contributed by atoms with Crippen molar-refractivity contribution >= 4 is 34.9 Å². The molecule has 0 aromatic carbocycles. The number of quaternary nitrogens is 1. The highest BCUT2D eigenvalue weighted by Crippen LogP contribution is 2.42. The average Bonchev–Trinajstić information content (AvgIpc) is 3.16. The molecule has 3 amide bonds. The van der Waals surface area contributed by atoms with Gasteiger partial charge in [-0.05, 0) is 37.8 Å². The van der Waals surface area contributed by atoms with E-state index >= 15 is 0 Å². The number of nitrogens with zero attached hydrogens (tertiary/aromatic N) is 1. The van der Waals surface area contributed by atoms with Crippen LogP contribution >= 0.6 is 22.9 Å². The van der Waals surface area contributed by atoms with E-state index in [0.29, 0.717) is 12.6 Å². The zero-order valence-corrected chi connectivity index (χ0v) is 13.7. The van der Waals surface area contributed by atoms with E-state index < -0.39 is 5.54 Å². The molecule has 7 heteroatoms. The van der Waals surface area contributed by atoms with Crippen LogP contribution in [-0.2, 0) is 11.3 Å². The van der Waals surface area contributed by atoms with E-state index in [0.717, 1.165) is 33.5 Å². The number of hydrogen-bond donors (Lipinski definition) is 2. The Bertz CT molecular complexity index is 587. The highest BCUT2D eigenvalue weighted by molar-refractivity contribution is 7.16. The monoisotopic (exact) mass is 328 g/mol. The summed E-state index contributed by atoms with van der Waals surface area (Å²) in [5.41, 5.74) is -0.691. The summed E-state index contributed by atoms with van der Waals surface area (Å²) in [7, 11) is 1.97. The summed E-state index contributed by atoms with van der Waals surface area (Å²) in [6.07, 6.45) is 2.04.